The molecule has 26 heavy (non-hydrogen) atoms. The molecule has 2 aromatic carbocycles. The molecule has 0 bridgehead atoms. The van der Waals surface area contributed by atoms with Crippen molar-refractivity contribution >= 4 is 41.3 Å². The van der Waals surface area contributed by atoms with Crippen LogP contribution in [0.3, 0.4) is 0 Å². The monoisotopic (exact) mass is 478 g/mol. The van der Waals surface area contributed by atoms with Crippen LogP contribution in [0, 0.1) is 6.92 Å². The van der Waals surface area contributed by atoms with Crippen LogP contribution in [0.4, 0.5) is 0 Å². The zero-order valence-corrected chi connectivity index (χ0v) is 18.0. The van der Waals surface area contributed by atoms with E-state index < -0.39 is 0 Å². The van der Waals surface area contributed by atoms with E-state index in [1.165, 1.54) is 10.4 Å². The third-order valence-electron chi connectivity index (χ3n) is 3.86. The van der Waals surface area contributed by atoms with Crippen LogP contribution in [0.5, 0.6) is 0 Å². The summed E-state index contributed by atoms with van der Waals surface area (Å²) in [6.07, 6.45) is 0. The van der Waals surface area contributed by atoms with Gasteiger partial charge in [0.05, 0.1) is 12.2 Å². The first kappa shape index (κ1) is 20.4. The third-order valence-corrected chi connectivity index (χ3v) is 5.06. The van der Waals surface area contributed by atoms with Crippen LogP contribution in [0.1, 0.15) is 16.1 Å². The predicted octanol–water partition coefficient (Wildman–Crippen LogP) is 4.60. The van der Waals surface area contributed by atoms with Gasteiger partial charge in [-0.15, -0.1) is 35.3 Å². The van der Waals surface area contributed by atoms with Crippen LogP contribution in [0.2, 0.25) is 0 Å². The molecule has 2 N–H and O–H groups in total. The van der Waals surface area contributed by atoms with E-state index in [1.807, 2.05) is 36.4 Å². The molecular formula is C20H23IN4S. The van der Waals surface area contributed by atoms with Gasteiger partial charge in [0, 0.05) is 24.0 Å². The SMILES string of the molecule is CN=C(NCc1ccccc1)NCc1sc(-c2ccccc2)nc1C.I. The summed E-state index contributed by atoms with van der Waals surface area (Å²) in [7, 11) is 1.79. The van der Waals surface area contributed by atoms with Gasteiger partial charge < -0.3 is 10.6 Å². The fraction of sp³-hybridized carbons (Fsp3) is 0.200. The number of rotatable bonds is 5. The van der Waals surface area contributed by atoms with E-state index in [9.17, 15) is 0 Å². The normalized spacial score (nSPS) is 10.9. The second-order valence-corrected chi connectivity index (χ2v) is 6.74. The number of aromatic nitrogens is 1. The number of thiazole rings is 1. The van der Waals surface area contributed by atoms with E-state index in [2.05, 4.69) is 46.8 Å². The maximum Gasteiger partial charge on any atom is 0.191 e. The molecule has 0 fully saturated rings. The smallest absolute Gasteiger partial charge is 0.191 e. The minimum absolute atomic E-state index is 0. The van der Waals surface area contributed by atoms with Crippen LogP contribution < -0.4 is 10.6 Å². The zero-order chi connectivity index (χ0) is 17.5. The van der Waals surface area contributed by atoms with Crippen molar-refractivity contribution in [1.82, 2.24) is 15.6 Å². The summed E-state index contributed by atoms with van der Waals surface area (Å²) in [5, 5.41) is 7.77. The Morgan fingerprint density at radius 2 is 1.58 bits per heavy atom. The second kappa shape index (κ2) is 10.3. The highest BCUT2D eigenvalue weighted by atomic mass is 127. The quantitative estimate of drug-likeness (QED) is 0.320. The van der Waals surface area contributed by atoms with E-state index in [0.717, 1.165) is 28.8 Å². The Morgan fingerprint density at radius 1 is 0.962 bits per heavy atom. The van der Waals surface area contributed by atoms with E-state index in [-0.39, 0.29) is 24.0 Å². The first-order chi connectivity index (χ1) is 12.3. The van der Waals surface area contributed by atoms with E-state index >= 15 is 0 Å². The van der Waals surface area contributed by atoms with Gasteiger partial charge in [-0.1, -0.05) is 60.7 Å². The Bertz CT molecular complexity index is 832. The Kier molecular flexibility index (Phi) is 8.06. The number of benzene rings is 2. The molecule has 0 spiro atoms. The van der Waals surface area contributed by atoms with Crippen molar-refractivity contribution in [3.8, 4) is 10.6 Å². The van der Waals surface area contributed by atoms with Crippen molar-refractivity contribution in [3.05, 3.63) is 76.8 Å². The van der Waals surface area contributed by atoms with E-state index in [4.69, 9.17) is 4.98 Å². The Balaban J connectivity index is 0.00000243. The maximum atomic E-state index is 4.70. The molecule has 0 amide bonds. The molecule has 0 unspecified atom stereocenters. The fourth-order valence-corrected chi connectivity index (χ4v) is 3.47. The largest absolute Gasteiger partial charge is 0.352 e. The van der Waals surface area contributed by atoms with E-state index in [1.54, 1.807) is 18.4 Å². The molecule has 1 aromatic heterocycles. The lowest BCUT2D eigenvalue weighted by atomic mass is 10.2. The van der Waals surface area contributed by atoms with Gasteiger partial charge in [-0.3, -0.25) is 4.99 Å². The molecule has 6 heteroatoms. The highest BCUT2D eigenvalue weighted by molar-refractivity contribution is 14.0. The van der Waals surface area contributed by atoms with Gasteiger partial charge in [0.15, 0.2) is 5.96 Å². The van der Waals surface area contributed by atoms with Crippen LogP contribution in [-0.2, 0) is 13.1 Å². The number of aliphatic imine (C=N–C) groups is 1. The molecule has 0 saturated carbocycles. The van der Waals surface area contributed by atoms with Crippen molar-refractivity contribution in [2.24, 2.45) is 4.99 Å². The minimum atomic E-state index is 0. The third kappa shape index (κ3) is 5.54. The average Bonchev–Trinajstić information content (AvgIpc) is 3.04. The lowest BCUT2D eigenvalue weighted by Gasteiger charge is -2.11. The summed E-state index contributed by atoms with van der Waals surface area (Å²) >= 11 is 1.72. The van der Waals surface area contributed by atoms with Gasteiger partial charge in [-0.05, 0) is 12.5 Å². The minimum Gasteiger partial charge on any atom is -0.352 e. The summed E-state index contributed by atoms with van der Waals surface area (Å²) < 4.78 is 0. The highest BCUT2D eigenvalue weighted by Gasteiger charge is 2.09. The Hall–Kier alpha value is -1.93. The van der Waals surface area contributed by atoms with Crippen molar-refractivity contribution in [3.63, 3.8) is 0 Å². The van der Waals surface area contributed by atoms with Gasteiger partial charge in [-0.25, -0.2) is 4.98 Å². The second-order valence-electron chi connectivity index (χ2n) is 5.66. The molecular weight excluding hydrogens is 455 g/mol. The topological polar surface area (TPSA) is 49.3 Å². The summed E-state index contributed by atoms with van der Waals surface area (Å²) in [6, 6.07) is 20.6. The average molecular weight is 478 g/mol. The first-order valence-electron chi connectivity index (χ1n) is 8.26. The van der Waals surface area contributed by atoms with Crippen LogP contribution in [0.25, 0.3) is 10.6 Å². The van der Waals surface area contributed by atoms with Gasteiger partial charge in [0.25, 0.3) is 0 Å². The zero-order valence-electron chi connectivity index (χ0n) is 14.9. The fourth-order valence-electron chi connectivity index (χ4n) is 2.46. The standard InChI is InChI=1S/C20H22N4S.HI/c1-15-18(25-19(24-15)17-11-7-4-8-12-17)14-23-20(21-2)22-13-16-9-5-3-6-10-16;/h3-12H,13-14H2,1-2H3,(H2,21,22,23);1H. The predicted molar refractivity (Wildman–Crippen MR) is 121 cm³/mol. The van der Waals surface area contributed by atoms with Crippen LogP contribution in [-0.4, -0.2) is 18.0 Å². The summed E-state index contributed by atoms with van der Waals surface area (Å²) in [4.78, 5) is 10.2. The number of halogens is 1. The highest BCUT2D eigenvalue weighted by Crippen LogP contribution is 2.27. The molecule has 3 aromatic rings. The molecule has 136 valence electrons. The Labute approximate surface area is 175 Å². The van der Waals surface area contributed by atoms with Gasteiger partial charge >= 0.3 is 0 Å². The molecule has 0 saturated heterocycles. The number of nitrogens with one attached hydrogen (secondary N) is 2. The lowest BCUT2D eigenvalue weighted by Crippen LogP contribution is -2.36. The van der Waals surface area contributed by atoms with Crippen LogP contribution in [0.15, 0.2) is 65.7 Å². The molecule has 0 aliphatic carbocycles. The molecule has 0 atom stereocenters. The van der Waals surface area contributed by atoms with Crippen molar-refractivity contribution in [1.29, 1.82) is 0 Å². The van der Waals surface area contributed by atoms with Gasteiger partial charge in [-0.2, -0.15) is 0 Å². The number of nitrogens with zero attached hydrogens (tertiary/aromatic N) is 2. The van der Waals surface area contributed by atoms with Crippen molar-refractivity contribution in [2.75, 3.05) is 7.05 Å². The summed E-state index contributed by atoms with van der Waals surface area (Å²) in [5.41, 5.74) is 3.45. The lowest BCUT2D eigenvalue weighted by molar-refractivity contribution is 0.811. The molecule has 0 radical (unpaired) electrons. The number of aryl methyl sites for hydroxylation is 1. The van der Waals surface area contributed by atoms with E-state index in [0.29, 0.717) is 6.54 Å². The summed E-state index contributed by atoms with van der Waals surface area (Å²) in [6.45, 7) is 3.52. The van der Waals surface area contributed by atoms with Crippen molar-refractivity contribution in [2.45, 2.75) is 20.0 Å². The number of hydrogen-bond acceptors (Lipinski definition) is 3. The van der Waals surface area contributed by atoms with Crippen molar-refractivity contribution < 1.29 is 0 Å². The summed E-state index contributed by atoms with van der Waals surface area (Å²) in [5.74, 6) is 0.790. The Morgan fingerprint density at radius 3 is 2.23 bits per heavy atom. The molecule has 1 heterocycles. The molecule has 0 aliphatic rings. The first-order valence-corrected chi connectivity index (χ1v) is 9.08. The molecule has 4 nitrogen and oxygen atoms in total. The number of guanidine groups is 1. The van der Waals surface area contributed by atoms with Gasteiger partial charge in [0.1, 0.15) is 5.01 Å². The molecule has 0 aliphatic heterocycles. The molecule has 3 rings (SSSR count). The maximum absolute atomic E-state index is 4.70. The number of hydrogen-bond donors (Lipinski definition) is 2. The van der Waals surface area contributed by atoms with Crippen LogP contribution >= 0.6 is 35.3 Å². The van der Waals surface area contributed by atoms with Gasteiger partial charge in [0.2, 0.25) is 0 Å².